The van der Waals surface area contributed by atoms with Crippen molar-refractivity contribution in [3.05, 3.63) is 65.2 Å². The molecule has 8 nitrogen and oxygen atoms in total. The van der Waals surface area contributed by atoms with E-state index in [2.05, 4.69) is 5.32 Å². The molecule has 0 bridgehead atoms. The maximum atomic E-state index is 13.2. The van der Waals surface area contributed by atoms with Crippen LogP contribution < -0.4 is 5.32 Å². The molecule has 2 aliphatic rings. The Morgan fingerprint density at radius 3 is 2.54 bits per heavy atom. The summed E-state index contributed by atoms with van der Waals surface area (Å²) in [6.07, 6.45) is 0. The molecule has 4 rings (SSSR count). The van der Waals surface area contributed by atoms with Crippen LogP contribution in [-0.4, -0.2) is 55.5 Å². The van der Waals surface area contributed by atoms with Gasteiger partial charge in [0.15, 0.2) is 0 Å². The van der Waals surface area contributed by atoms with Crippen LogP contribution in [0.15, 0.2) is 53.4 Å². The molecule has 0 saturated carbocycles. The number of rotatable bonds is 2. The molecule has 2 aliphatic heterocycles. The summed E-state index contributed by atoms with van der Waals surface area (Å²) in [6.45, 7) is 0.125. The van der Waals surface area contributed by atoms with Crippen LogP contribution in [-0.2, 0) is 14.8 Å². The molecule has 1 saturated heterocycles. The summed E-state index contributed by atoms with van der Waals surface area (Å²) in [5, 5.41) is 2.75. The van der Waals surface area contributed by atoms with Gasteiger partial charge in [-0.05, 0) is 23.8 Å². The first-order chi connectivity index (χ1) is 13.3. The van der Waals surface area contributed by atoms with E-state index in [1.807, 2.05) is 30.3 Å². The van der Waals surface area contributed by atoms with Crippen LogP contribution in [0.2, 0.25) is 0 Å². The van der Waals surface area contributed by atoms with Gasteiger partial charge in [-0.3, -0.25) is 14.4 Å². The summed E-state index contributed by atoms with van der Waals surface area (Å²) in [5.74, 6) is -1.39. The minimum Gasteiger partial charge on any atom is -0.352 e. The lowest BCUT2D eigenvalue weighted by molar-refractivity contribution is -0.124. The average molecular weight is 399 g/mol. The third kappa shape index (κ3) is 2.75. The van der Waals surface area contributed by atoms with Crippen LogP contribution in [0.3, 0.4) is 0 Å². The predicted molar refractivity (Wildman–Crippen MR) is 99.0 cm³/mol. The van der Waals surface area contributed by atoms with Crippen molar-refractivity contribution in [2.24, 2.45) is 0 Å². The van der Waals surface area contributed by atoms with E-state index >= 15 is 0 Å². The molecular formula is C19H17N3O5S. The molecule has 0 aliphatic carbocycles. The molecule has 1 fully saturated rings. The van der Waals surface area contributed by atoms with E-state index in [-0.39, 0.29) is 41.1 Å². The van der Waals surface area contributed by atoms with Gasteiger partial charge in [0.05, 0.1) is 11.6 Å². The second kappa shape index (κ2) is 6.45. The summed E-state index contributed by atoms with van der Waals surface area (Å²) in [5.41, 5.74) is 1.01. The second-order valence-corrected chi connectivity index (χ2v) is 8.59. The van der Waals surface area contributed by atoms with Crippen molar-refractivity contribution in [3.63, 3.8) is 0 Å². The fourth-order valence-electron chi connectivity index (χ4n) is 3.47. The minimum absolute atomic E-state index is 0.0371. The van der Waals surface area contributed by atoms with Crippen molar-refractivity contribution in [2.75, 3.05) is 20.1 Å². The third-order valence-corrected chi connectivity index (χ3v) is 6.79. The maximum absolute atomic E-state index is 13.2. The zero-order valence-electron chi connectivity index (χ0n) is 15.0. The Hall–Kier alpha value is -3.20. The summed E-state index contributed by atoms with van der Waals surface area (Å²) >= 11 is 0. The molecule has 0 spiro atoms. The van der Waals surface area contributed by atoms with Crippen molar-refractivity contribution in [2.45, 2.75) is 10.9 Å². The van der Waals surface area contributed by atoms with Crippen molar-refractivity contribution < 1.29 is 22.8 Å². The number of hydrogen-bond donors (Lipinski definition) is 1. The summed E-state index contributed by atoms with van der Waals surface area (Å²) in [7, 11) is -2.78. The normalized spacial score (nSPS) is 20.7. The van der Waals surface area contributed by atoms with E-state index in [4.69, 9.17) is 0 Å². The number of fused-ring (bicyclic) bond motifs is 1. The Morgan fingerprint density at radius 1 is 1.11 bits per heavy atom. The van der Waals surface area contributed by atoms with Gasteiger partial charge in [0, 0.05) is 19.2 Å². The van der Waals surface area contributed by atoms with E-state index in [1.165, 1.54) is 30.1 Å². The minimum atomic E-state index is -3.96. The maximum Gasteiger partial charge on any atom is 0.268 e. The van der Waals surface area contributed by atoms with Gasteiger partial charge < -0.3 is 10.2 Å². The van der Waals surface area contributed by atoms with Crippen molar-refractivity contribution in [3.8, 4) is 0 Å². The van der Waals surface area contributed by atoms with Crippen LogP contribution in [0, 0.1) is 0 Å². The number of carbonyl (C=O) groups excluding carboxylic acids is 3. The largest absolute Gasteiger partial charge is 0.352 e. The molecule has 1 unspecified atom stereocenters. The molecule has 2 aromatic carbocycles. The monoisotopic (exact) mass is 399 g/mol. The van der Waals surface area contributed by atoms with E-state index < -0.39 is 21.8 Å². The molecule has 2 heterocycles. The SMILES string of the molecule is CN1C(=O)c2ccc(C(=O)N3CC(=O)NCC3c3ccccc3)cc2S1(=O)=O. The molecule has 0 radical (unpaired) electrons. The topological polar surface area (TPSA) is 104 Å². The van der Waals surface area contributed by atoms with Crippen LogP contribution >= 0.6 is 0 Å². The number of hydrogen-bond acceptors (Lipinski definition) is 5. The van der Waals surface area contributed by atoms with Crippen molar-refractivity contribution >= 4 is 27.7 Å². The Balaban J connectivity index is 1.73. The lowest BCUT2D eigenvalue weighted by Crippen LogP contribution is -2.51. The summed E-state index contributed by atoms with van der Waals surface area (Å²) < 4.78 is 25.5. The summed E-state index contributed by atoms with van der Waals surface area (Å²) in [4.78, 5) is 38.4. The van der Waals surface area contributed by atoms with E-state index in [9.17, 15) is 22.8 Å². The van der Waals surface area contributed by atoms with E-state index in [0.717, 1.165) is 5.56 Å². The Kier molecular flexibility index (Phi) is 4.19. The molecule has 1 N–H and O–H groups in total. The molecule has 1 atom stereocenters. The Labute approximate surface area is 161 Å². The van der Waals surface area contributed by atoms with Gasteiger partial charge in [-0.2, -0.15) is 0 Å². The highest BCUT2D eigenvalue weighted by Crippen LogP contribution is 2.31. The molecule has 28 heavy (non-hydrogen) atoms. The smallest absolute Gasteiger partial charge is 0.268 e. The zero-order chi connectivity index (χ0) is 20.1. The fourth-order valence-corrected chi connectivity index (χ4v) is 4.79. The van der Waals surface area contributed by atoms with Gasteiger partial charge >= 0.3 is 0 Å². The molecule has 2 aromatic rings. The molecule has 144 valence electrons. The Bertz CT molecular complexity index is 1100. The van der Waals surface area contributed by atoms with Crippen LogP contribution in [0.5, 0.6) is 0 Å². The van der Waals surface area contributed by atoms with Gasteiger partial charge in [0.25, 0.3) is 21.8 Å². The van der Waals surface area contributed by atoms with Crippen molar-refractivity contribution in [1.82, 2.24) is 14.5 Å². The molecular weight excluding hydrogens is 382 g/mol. The first-order valence-corrected chi connectivity index (χ1v) is 10.0. The second-order valence-electron chi connectivity index (χ2n) is 6.65. The number of carbonyl (C=O) groups is 3. The molecule has 0 aromatic heterocycles. The van der Waals surface area contributed by atoms with Gasteiger partial charge in [0.2, 0.25) is 5.91 Å². The number of nitrogens with one attached hydrogen (secondary N) is 1. The summed E-state index contributed by atoms with van der Waals surface area (Å²) in [6, 6.07) is 12.9. The fraction of sp³-hybridized carbons (Fsp3) is 0.211. The predicted octanol–water partition coefficient (Wildman–Crippen LogP) is 0.774. The third-order valence-electron chi connectivity index (χ3n) is 5.01. The number of piperazine rings is 1. The number of benzene rings is 2. The van der Waals surface area contributed by atoms with Gasteiger partial charge in [-0.1, -0.05) is 30.3 Å². The van der Waals surface area contributed by atoms with Gasteiger partial charge in [-0.15, -0.1) is 0 Å². The number of sulfonamides is 1. The quantitative estimate of drug-likeness (QED) is 0.804. The lowest BCUT2D eigenvalue weighted by atomic mass is 10.0. The lowest BCUT2D eigenvalue weighted by Gasteiger charge is -2.36. The standard InChI is InChI=1S/C19H17N3O5S/c1-21-19(25)14-8-7-13(9-16(14)28(21,26)27)18(24)22-11-17(23)20-10-15(22)12-5-3-2-4-6-12/h2-9,15H,10-11H2,1H3,(H,20,23). The highest BCUT2D eigenvalue weighted by molar-refractivity contribution is 7.90. The van der Waals surface area contributed by atoms with Crippen molar-refractivity contribution in [1.29, 1.82) is 0 Å². The highest BCUT2D eigenvalue weighted by atomic mass is 32.2. The van der Waals surface area contributed by atoms with E-state index in [0.29, 0.717) is 4.31 Å². The van der Waals surface area contributed by atoms with E-state index in [1.54, 1.807) is 0 Å². The molecule has 9 heteroatoms. The average Bonchev–Trinajstić information content (AvgIpc) is 2.88. The Morgan fingerprint density at radius 2 is 1.82 bits per heavy atom. The number of nitrogens with zero attached hydrogens (tertiary/aromatic N) is 2. The van der Waals surface area contributed by atoms with Crippen LogP contribution in [0.1, 0.15) is 32.3 Å². The zero-order valence-corrected chi connectivity index (χ0v) is 15.8. The van der Waals surface area contributed by atoms with Gasteiger partial charge in [-0.25, -0.2) is 12.7 Å². The molecule has 3 amide bonds. The van der Waals surface area contributed by atoms with Crippen LogP contribution in [0.4, 0.5) is 0 Å². The van der Waals surface area contributed by atoms with Crippen LogP contribution in [0.25, 0.3) is 0 Å². The highest BCUT2D eigenvalue weighted by Gasteiger charge is 2.40. The number of amides is 3. The van der Waals surface area contributed by atoms with Gasteiger partial charge in [0.1, 0.15) is 11.4 Å². The first-order valence-electron chi connectivity index (χ1n) is 8.60. The first kappa shape index (κ1) is 18.2.